The smallest absolute Gasteiger partial charge is 0.350 e. The molecule has 2 atom stereocenters. The van der Waals surface area contributed by atoms with E-state index >= 15 is 0 Å². The number of nitriles is 2. The molecule has 0 saturated heterocycles. The molecule has 108 valence electrons. The second-order valence-electron chi connectivity index (χ2n) is 4.01. The number of hydrogen-bond acceptors (Lipinski definition) is 8. The summed E-state index contributed by atoms with van der Waals surface area (Å²) in [4.78, 5) is 23.2. The van der Waals surface area contributed by atoms with Crippen molar-refractivity contribution in [3.8, 4) is 12.1 Å². The number of esters is 2. The van der Waals surface area contributed by atoms with E-state index in [2.05, 4.69) is 10.2 Å². The van der Waals surface area contributed by atoms with Crippen LogP contribution in [0.4, 0.5) is 0 Å². The number of carbonyl (C=O) groups excluding carboxylic acids is 2. The molecule has 0 heterocycles. The van der Waals surface area contributed by atoms with Crippen molar-refractivity contribution in [3.63, 3.8) is 0 Å². The number of hydrogen-bond donors (Lipinski definition) is 0. The summed E-state index contributed by atoms with van der Waals surface area (Å²) in [7, 11) is 0. The zero-order valence-corrected chi connectivity index (χ0v) is 11.8. The van der Waals surface area contributed by atoms with Gasteiger partial charge in [-0.1, -0.05) is 0 Å². The van der Waals surface area contributed by atoms with E-state index in [-0.39, 0.29) is 13.2 Å². The van der Waals surface area contributed by atoms with Crippen molar-refractivity contribution in [3.05, 3.63) is 0 Å². The van der Waals surface area contributed by atoms with E-state index in [1.165, 1.54) is 13.8 Å². The molecule has 0 fully saturated rings. The molecule has 20 heavy (non-hydrogen) atoms. The van der Waals surface area contributed by atoms with E-state index in [4.69, 9.17) is 20.0 Å². The molecule has 8 nitrogen and oxygen atoms in total. The molecule has 0 bridgehead atoms. The fraction of sp³-hybridized carbons (Fsp3) is 0.667. The van der Waals surface area contributed by atoms with E-state index in [1.807, 2.05) is 0 Å². The van der Waals surface area contributed by atoms with Gasteiger partial charge in [0.2, 0.25) is 0 Å². The van der Waals surface area contributed by atoms with Gasteiger partial charge in [-0.05, 0) is 27.7 Å². The van der Waals surface area contributed by atoms with Crippen LogP contribution in [0.3, 0.4) is 0 Å². The minimum Gasteiger partial charge on any atom is -0.463 e. The molecule has 0 rings (SSSR count). The number of rotatable bonds is 6. The number of nitrogens with zero attached hydrogens (tertiary/aromatic N) is 4. The summed E-state index contributed by atoms with van der Waals surface area (Å²) in [5, 5.41) is 25.0. The summed E-state index contributed by atoms with van der Waals surface area (Å²) in [5.74, 6) is -1.81. The van der Waals surface area contributed by atoms with Crippen LogP contribution in [-0.2, 0) is 19.1 Å². The van der Waals surface area contributed by atoms with Crippen molar-refractivity contribution >= 4 is 11.9 Å². The van der Waals surface area contributed by atoms with Gasteiger partial charge in [-0.3, -0.25) is 0 Å². The molecular formula is C12H16N4O4. The first-order chi connectivity index (χ1) is 9.29. The predicted molar refractivity (Wildman–Crippen MR) is 66.2 cm³/mol. The highest BCUT2D eigenvalue weighted by Gasteiger charge is 2.40. The lowest BCUT2D eigenvalue weighted by atomic mass is 10.1. The Morgan fingerprint density at radius 1 is 0.950 bits per heavy atom. The van der Waals surface area contributed by atoms with Crippen LogP contribution in [0, 0.1) is 22.7 Å². The topological polar surface area (TPSA) is 125 Å². The molecule has 8 heteroatoms. The van der Waals surface area contributed by atoms with Crippen molar-refractivity contribution in [2.75, 3.05) is 13.2 Å². The van der Waals surface area contributed by atoms with Gasteiger partial charge in [0.05, 0.1) is 13.2 Å². The Labute approximate surface area is 117 Å². The third-order valence-electron chi connectivity index (χ3n) is 2.23. The van der Waals surface area contributed by atoms with E-state index in [0.29, 0.717) is 0 Å². The van der Waals surface area contributed by atoms with Gasteiger partial charge in [0.15, 0.2) is 0 Å². The summed E-state index contributed by atoms with van der Waals surface area (Å²) in [5.41, 5.74) is -3.83. The Morgan fingerprint density at radius 2 is 1.25 bits per heavy atom. The van der Waals surface area contributed by atoms with E-state index in [1.54, 1.807) is 26.0 Å². The molecule has 0 aromatic heterocycles. The van der Waals surface area contributed by atoms with Crippen molar-refractivity contribution in [2.24, 2.45) is 10.2 Å². The van der Waals surface area contributed by atoms with Gasteiger partial charge < -0.3 is 9.47 Å². The van der Waals surface area contributed by atoms with Gasteiger partial charge >= 0.3 is 11.9 Å². The van der Waals surface area contributed by atoms with Crippen LogP contribution in [0.2, 0.25) is 0 Å². The van der Waals surface area contributed by atoms with E-state index < -0.39 is 23.0 Å². The summed E-state index contributed by atoms with van der Waals surface area (Å²) in [6.07, 6.45) is 0. The lowest BCUT2D eigenvalue weighted by molar-refractivity contribution is -0.149. The molecule has 2 unspecified atom stereocenters. The lowest BCUT2D eigenvalue weighted by Crippen LogP contribution is -2.37. The quantitative estimate of drug-likeness (QED) is 0.530. The highest BCUT2D eigenvalue weighted by molar-refractivity contribution is 5.85. The van der Waals surface area contributed by atoms with Gasteiger partial charge in [-0.25, -0.2) is 9.59 Å². The minimum atomic E-state index is -1.92. The normalized spacial score (nSPS) is 16.3. The minimum absolute atomic E-state index is 0.0685. The average molecular weight is 280 g/mol. The van der Waals surface area contributed by atoms with Crippen LogP contribution in [-0.4, -0.2) is 36.2 Å². The van der Waals surface area contributed by atoms with Crippen LogP contribution in [0.15, 0.2) is 10.2 Å². The second kappa shape index (κ2) is 7.19. The molecule has 0 saturated carbocycles. The van der Waals surface area contributed by atoms with E-state index in [0.717, 1.165) is 0 Å². The Kier molecular flexibility index (Phi) is 6.30. The molecule has 0 aliphatic rings. The third-order valence-corrected chi connectivity index (χ3v) is 2.23. The SMILES string of the molecule is CCOC(=O)C(C)(C#N)/N=N/C(C)(C#N)C(=O)OCC. The fourth-order valence-electron chi connectivity index (χ4n) is 0.961. The maximum atomic E-state index is 11.6. The molecular weight excluding hydrogens is 264 g/mol. The average Bonchev–Trinajstić information content (AvgIpc) is 2.44. The van der Waals surface area contributed by atoms with Crippen LogP contribution < -0.4 is 0 Å². The predicted octanol–water partition coefficient (Wildman–Crippen LogP) is 1.13. The maximum Gasteiger partial charge on any atom is 0.350 e. The van der Waals surface area contributed by atoms with Gasteiger partial charge in [-0.2, -0.15) is 20.8 Å². The number of ether oxygens (including phenoxy) is 2. The summed E-state index contributed by atoms with van der Waals surface area (Å²) < 4.78 is 9.38. The Balaban J connectivity index is 5.33. The zero-order valence-electron chi connectivity index (χ0n) is 11.8. The van der Waals surface area contributed by atoms with Crippen molar-refractivity contribution in [2.45, 2.75) is 38.8 Å². The Bertz CT molecular complexity index is 447. The van der Waals surface area contributed by atoms with Crippen LogP contribution in [0.1, 0.15) is 27.7 Å². The highest BCUT2D eigenvalue weighted by Crippen LogP contribution is 2.18. The molecule has 0 aliphatic heterocycles. The first-order valence-electron chi connectivity index (χ1n) is 5.90. The standard InChI is InChI=1S/C12H16N4O4/c1-5-19-9(17)11(3,7-13)15-16-12(4,8-14)10(18)20-6-2/h5-6H2,1-4H3/b16-15+. The first-order valence-corrected chi connectivity index (χ1v) is 5.90. The van der Waals surface area contributed by atoms with Gasteiger partial charge in [0.1, 0.15) is 12.1 Å². The summed E-state index contributed by atoms with van der Waals surface area (Å²) in [6.45, 7) is 5.64. The van der Waals surface area contributed by atoms with Crippen LogP contribution in [0.25, 0.3) is 0 Å². The lowest BCUT2D eigenvalue weighted by Gasteiger charge is -2.17. The number of azo groups is 1. The fourth-order valence-corrected chi connectivity index (χ4v) is 0.961. The molecule has 0 aromatic carbocycles. The number of carbonyl (C=O) groups is 2. The summed E-state index contributed by atoms with van der Waals surface area (Å²) in [6, 6.07) is 3.27. The second-order valence-corrected chi connectivity index (χ2v) is 4.01. The summed E-state index contributed by atoms with van der Waals surface area (Å²) >= 11 is 0. The van der Waals surface area contributed by atoms with Crippen LogP contribution >= 0.6 is 0 Å². The van der Waals surface area contributed by atoms with Gasteiger partial charge in [-0.15, -0.1) is 0 Å². The Hall–Kier alpha value is -2.48. The van der Waals surface area contributed by atoms with Crippen molar-refractivity contribution in [1.29, 1.82) is 10.5 Å². The van der Waals surface area contributed by atoms with Gasteiger partial charge in [0.25, 0.3) is 11.1 Å². The van der Waals surface area contributed by atoms with Crippen molar-refractivity contribution < 1.29 is 19.1 Å². The zero-order chi connectivity index (χ0) is 15.8. The molecule has 0 aliphatic carbocycles. The van der Waals surface area contributed by atoms with Crippen LogP contribution in [0.5, 0.6) is 0 Å². The first kappa shape index (κ1) is 17.5. The molecule has 0 amide bonds. The molecule has 0 N–H and O–H groups in total. The highest BCUT2D eigenvalue weighted by atomic mass is 16.5. The van der Waals surface area contributed by atoms with Crippen molar-refractivity contribution in [1.82, 2.24) is 0 Å². The molecule has 0 aromatic rings. The third kappa shape index (κ3) is 4.02. The maximum absolute atomic E-state index is 11.6. The van der Waals surface area contributed by atoms with Gasteiger partial charge in [0, 0.05) is 0 Å². The monoisotopic (exact) mass is 280 g/mol. The molecule has 0 radical (unpaired) electrons. The largest absolute Gasteiger partial charge is 0.463 e. The Morgan fingerprint density at radius 3 is 1.45 bits per heavy atom. The van der Waals surface area contributed by atoms with E-state index in [9.17, 15) is 9.59 Å². The molecule has 0 spiro atoms.